The third-order valence-corrected chi connectivity index (χ3v) is 4.33. The number of nitrogens with one attached hydrogen (secondary N) is 1. The van der Waals surface area contributed by atoms with Crippen molar-refractivity contribution in [3.05, 3.63) is 17.7 Å². The van der Waals surface area contributed by atoms with Crippen LogP contribution >= 0.6 is 11.8 Å². The molecule has 2 rings (SSSR count). The van der Waals surface area contributed by atoms with E-state index in [0.717, 1.165) is 5.56 Å². The van der Waals surface area contributed by atoms with Gasteiger partial charge in [0.2, 0.25) is 0 Å². The topological polar surface area (TPSA) is 77.0 Å². The van der Waals surface area contributed by atoms with Gasteiger partial charge in [-0.3, -0.25) is 10.1 Å². The average Bonchev–Trinajstić information content (AvgIpc) is 2.95. The molecule has 2 N–H and O–H groups in total. The van der Waals surface area contributed by atoms with Crippen LogP contribution in [-0.2, 0) is 4.79 Å². The second kappa shape index (κ2) is 6.23. The third-order valence-electron chi connectivity index (χ3n) is 3.10. The second-order valence-electron chi connectivity index (χ2n) is 4.22. The molecule has 1 heterocycles. The summed E-state index contributed by atoms with van der Waals surface area (Å²) in [6, 6.07) is 2.95. The molecule has 0 saturated carbocycles. The first-order valence-electron chi connectivity index (χ1n) is 6.01. The second-order valence-corrected chi connectivity index (χ2v) is 5.35. The Labute approximate surface area is 121 Å². The Hall–Kier alpha value is -1.60. The average molecular weight is 299 g/mol. The van der Waals surface area contributed by atoms with E-state index in [1.54, 1.807) is 33.5 Å². The van der Waals surface area contributed by atoms with Crippen molar-refractivity contribution in [3.63, 3.8) is 0 Å². The van der Waals surface area contributed by atoms with E-state index in [1.165, 1.54) is 11.8 Å². The molecular weight excluding hydrogens is 282 g/mol. The molecule has 0 spiro atoms. The van der Waals surface area contributed by atoms with E-state index >= 15 is 0 Å². The van der Waals surface area contributed by atoms with Crippen LogP contribution in [0.15, 0.2) is 12.1 Å². The summed E-state index contributed by atoms with van der Waals surface area (Å²) in [6.07, 6.45) is 0. The Morgan fingerprint density at radius 3 is 2.25 bits per heavy atom. The Balaban J connectivity index is 2.37. The number of rotatable bonds is 5. The lowest BCUT2D eigenvalue weighted by Gasteiger charge is -2.19. The van der Waals surface area contributed by atoms with Gasteiger partial charge in [-0.2, -0.15) is 0 Å². The molecule has 1 aliphatic rings. The largest absolute Gasteiger partial charge is 0.496 e. The number of hydrogen-bond donors (Lipinski definition) is 2. The van der Waals surface area contributed by atoms with E-state index in [4.69, 9.17) is 19.3 Å². The molecule has 20 heavy (non-hydrogen) atoms. The van der Waals surface area contributed by atoms with E-state index in [2.05, 4.69) is 5.32 Å². The number of ether oxygens (including phenoxy) is 3. The van der Waals surface area contributed by atoms with E-state index in [1.807, 2.05) is 0 Å². The quantitative estimate of drug-likeness (QED) is 0.853. The van der Waals surface area contributed by atoms with Crippen molar-refractivity contribution < 1.29 is 24.1 Å². The summed E-state index contributed by atoms with van der Waals surface area (Å²) in [5.41, 5.74) is 0.796. The third kappa shape index (κ3) is 2.78. The molecule has 110 valence electrons. The van der Waals surface area contributed by atoms with Gasteiger partial charge in [-0.05, 0) is 0 Å². The van der Waals surface area contributed by atoms with Crippen molar-refractivity contribution >= 4 is 17.7 Å². The van der Waals surface area contributed by atoms with Crippen molar-refractivity contribution in [2.75, 3.05) is 27.1 Å². The predicted octanol–water partition coefficient (Wildman–Crippen LogP) is 1.50. The Morgan fingerprint density at radius 2 is 1.85 bits per heavy atom. The van der Waals surface area contributed by atoms with E-state index < -0.39 is 12.0 Å². The fraction of sp³-hybridized carbons (Fsp3) is 0.462. The van der Waals surface area contributed by atoms with Crippen molar-refractivity contribution in [1.82, 2.24) is 5.32 Å². The van der Waals surface area contributed by atoms with Gasteiger partial charge in [0.05, 0.1) is 32.3 Å². The summed E-state index contributed by atoms with van der Waals surface area (Å²) in [5.74, 6) is 1.49. The number of hydrogen-bond acceptors (Lipinski definition) is 6. The summed E-state index contributed by atoms with van der Waals surface area (Å²) in [4.78, 5) is 11.0. The minimum Gasteiger partial charge on any atom is -0.496 e. The van der Waals surface area contributed by atoms with Crippen LogP contribution in [0.3, 0.4) is 0 Å². The van der Waals surface area contributed by atoms with Crippen molar-refractivity contribution in [3.8, 4) is 17.2 Å². The van der Waals surface area contributed by atoms with E-state index in [9.17, 15) is 4.79 Å². The van der Waals surface area contributed by atoms with Crippen LogP contribution in [-0.4, -0.2) is 44.2 Å². The number of benzene rings is 1. The molecule has 0 amide bonds. The van der Waals surface area contributed by atoms with Gasteiger partial charge in [0.25, 0.3) is 0 Å². The summed E-state index contributed by atoms with van der Waals surface area (Å²) in [5, 5.41) is 11.9. The molecule has 0 radical (unpaired) electrons. The number of methoxy groups -OCH3 is 3. The summed E-state index contributed by atoms with van der Waals surface area (Å²) >= 11 is 1.51. The number of carboxylic acids is 1. The molecule has 6 nitrogen and oxygen atoms in total. The van der Waals surface area contributed by atoms with Crippen LogP contribution in [0, 0.1) is 0 Å². The molecule has 2 atom stereocenters. The van der Waals surface area contributed by atoms with Crippen LogP contribution in [0.4, 0.5) is 0 Å². The first kappa shape index (κ1) is 14.8. The van der Waals surface area contributed by atoms with Gasteiger partial charge in [-0.15, -0.1) is 11.8 Å². The molecular formula is C13H17NO5S. The Morgan fingerprint density at radius 1 is 1.25 bits per heavy atom. The van der Waals surface area contributed by atoms with Crippen LogP contribution < -0.4 is 19.5 Å². The molecule has 0 bridgehead atoms. The molecule has 0 aliphatic carbocycles. The molecule has 1 unspecified atom stereocenters. The minimum atomic E-state index is -0.855. The maximum atomic E-state index is 11.0. The lowest BCUT2D eigenvalue weighted by Crippen LogP contribution is -2.33. The van der Waals surface area contributed by atoms with Crippen molar-refractivity contribution in [1.29, 1.82) is 0 Å². The van der Waals surface area contributed by atoms with Crippen molar-refractivity contribution in [2.45, 2.75) is 11.4 Å². The molecule has 1 aromatic rings. The van der Waals surface area contributed by atoms with Gasteiger partial charge in [-0.25, -0.2) is 0 Å². The SMILES string of the molecule is COc1cc(OC)c(C2N[C@@H](C(=O)O)CS2)c(OC)c1. The van der Waals surface area contributed by atoms with Gasteiger partial charge in [0, 0.05) is 17.9 Å². The first-order valence-corrected chi connectivity index (χ1v) is 7.06. The smallest absolute Gasteiger partial charge is 0.321 e. The van der Waals surface area contributed by atoms with E-state index in [0.29, 0.717) is 23.0 Å². The number of carbonyl (C=O) groups is 1. The summed E-state index contributed by atoms with van der Waals surface area (Å²) < 4.78 is 16.0. The number of thioether (sulfide) groups is 1. The zero-order chi connectivity index (χ0) is 14.7. The highest BCUT2D eigenvalue weighted by Gasteiger charge is 2.34. The molecule has 1 fully saturated rings. The highest BCUT2D eigenvalue weighted by atomic mass is 32.2. The highest BCUT2D eigenvalue weighted by molar-refractivity contribution is 7.99. The number of aliphatic carboxylic acids is 1. The van der Waals surface area contributed by atoms with Crippen molar-refractivity contribution in [2.24, 2.45) is 0 Å². The van der Waals surface area contributed by atoms with E-state index in [-0.39, 0.29) is 5.37 Å². The molecule has 1 aliphatic heterocycles. The molecule has 1 aromatic carbocycles. The summed E-state index contributed by atoms with van der Waals surface area (Å²) in [7, 11) is 4.69. The molecule has 0 aromatic heterocycles. The normalized spacial score (nSPS) is 21.6. The monoisotopic (exact) mass is 299 g/mol. The fourth-order valence-electron chi connectivity index (χ4n) is 2.07. The van der Waals surface area contributed by atoms with Gasteiger partial charge in [-0.1, -0.05) is 0 Å². The minimum absolute atomic E-state index is 0.188. The van der Waals surface area contributed by atoms with Gasteiger partial charge in [0.1, 0.15) is 23.3 Å². The lowest BCUT2D eigenvalue weighted by molar-refractivity contribution is -0.138. The maximum Gasteiger partial charge on any atom is 0.321 e. The highest BCUT2D eigenvalue weighted by Crippen LogP contribution is 2.44. The Kier molecular flexibility index (Phi) is 4.61. The zero-order valence-electron chi connectivity index (χ0n) is 11.5. The van der Waals surface area contributed by atoms with Crippen LogP contribution in [0.1, 0.15) is 10.9 Å². The maximum absolute atomic E-state index is 11.0. The lowest BCUT2D eigenvalue weighted by atomic mass is 10.1. The fourth-order valence-corrected chi connectivity index (χ4v) is 3.35. The molecule has 7 heteroatoms. The van der Waals surface area contributed by atoms with Crippen LogP contribution in [0.25, 0.3) is 0 Å². The first-order chi connectivity index (χ1) is 9.60. The number of carboxylic acid groups (broad SMARTS) is 1. The zero-order valence-corrected chi connectivity index (χ0v) is 12.3. The van der Waals surface area contributed by atoms with Crippen LogP contribution in [0.5, 0.6) is 17.2 Å². The van der Waals surface area contributed by atoms with Gasteiger partial charge >= 0.3 is 5.97 Å². The Bertz CT molecular complexity index is 483. The van der Waals surface area contributed by atoms with Gasteiger partial charge in [0.15, 0.2) is 0 Å². The standard InChI is InChI=1S/C13H17NO5S/c1-17-7-4-9(18-2)11(10(5-7)19-3)12-14-8(6-20-12)13(15)16/h4-5,8,12,14H,6H2,1-3H3,(H,15,16)/t8-,12?/m1/s1. The molecule has 1 saturated heterocycles. The van der Waals surface area contributed by atoms with Crippen LogP contribution in [0.2, 0.25) is 0 Å². The predicted molar refractivity (Wildman–Crippen MR) is 75.9 cm³/mol. The van der Waals surface area contributed by atoms with Gasteiger partial charge < -0.3 is 19.3 Å². The summed E-state index contributed by atoms with van der Waals surface area (Å²) in [6.45, 7) is 0.